The monoisotopic (exact) mass is 453 g/mol. The van der Waals surface area contributed by atoms with E-state index < -0.39 is 6.10 Å². The number of hydrogen-bond acceptors (Lipinski definition) is 8. The fourth-order valence-corrected chi connectivity index (χ4v) is 4.26. The van der Waals surface area contributed by atoms with Gasteiger partial charge in [0.1, 0.15) is 22.9 Å². The molecule has 0 aromatic carbocycles. The molecule has 1 aliphatic carbocycles. The predicted molar refractivity (Wildman–Crippen MR) is 122 cm³/mol. The van der Waals surface area contributed by atoms with Gasteiger partial charge in [0.05, 0.1) is 18.3 Å². The van der Waals surface area contributed by atoms with Gasteiger partial charge in [-0.2, -0.15) is 9.61 Å². The number of nitrogens with zero attached hydrogens (tertiary/aromatic N) is 4. The second-order valence-electron chi connectivity index (χ2n) is 8.40. The number of pyridine rings is 1. The highest BCUT2D eigenvalue weighted by Gasteiger charge is 2.31. The Kier molecular flexibility index (Phi) is 5.73. The second kappa shape index (κ2) is 8.83. The third-order valence-electron chi connectivity index (χ3n) is 6.35. The van der Waals surface area contributed by atoms with E-state index in [1.54, 1.807) is 29.9 Å². The van der Waals surface area contributed by atoms with E-state index in [-0.39, 0.29) is 23.6 Å². The molecule has 1 saturated carbocycles. The van der Waals surface area contributed by atoms with Crippen molar-refractivity contribution < 1.29 is 14.6 Å². The molecule has 1 amide bonds. The summed E-state index contributed by atoms with van der Waals surface area (Å²) in [4.78, 5) is 30.5. The normalized spacial score (nSPS) is 20.9. The summed E-state index contributed by atoms with van der Waals surface area (Å²) in [7, 11) is 1.74. The van der Waals surface area contributed by atoms with Crippen LogP contribution in [0.2, 0.25) is 0 Å². The molecule has 3 aromatic rings. The first-order valence-corrected chi connectivity index (χ1v) is 11.2. The first-order valence-electron chi connectivity index (χ1n) is 11.2. The van der Waals surface area contributed by atoms with Crippen molar-refractivity contribution in [2.75, 3.05) is 30.9 Å². The van der Waals surface area contributed by atoms with Crippen LogP contribution in [-0.4, -0.2) is 62.6 Å². The molecular weight excluding hydrogens is 426 g/mol. The van der Waals surface area contributed by atoms with Crippen LogP contribution < -0.4 is 21.5 Å². The first kappa shape index (κ1) is 21.4. The van der Waals surface area contributed by atoms with Gasteiger partial charge in [-0.1, -0.05) is 0 Å². The zero-order valence-electron chi connectivity index (χ0n) is 18.3. The minimum absolute atomic E-state index is 0.100. The number of fused-ring (bicyclic) bond motifs is 1. The topological polar surface area (TPSA) is 135 Å². The smallest absolute Gasteiger partial charge is 0.274 e. The van der Waals surface area contributed by atoms with Gasteiger partial charge in [0, 0.05) is 38.6 Å². The van der Waals surface area contributed by atoms with Crippen molar-refractivity contribution >= 4 is 28.9 Å². The summed E-state index contributed by atoms with van der Waals surface area (Å²) in [5.74, 6) is 0.667. The summed E-state index contributed by atoms with van der Waals surface area (Å²) >= 11 is 0. The molecular formula is C22H27N7O4. The fraction of sp³-hybridized carbons (Fsp3) is 0.455. The van der Waals surface area contributed by atoms with Gasteiger partial charge in [-0.15, -0.1) is 0 Å². The molecule has 4 N–H and O–H groups in total. The lowest BCUT2D eigenvalue weighted by molar-refractivity contribution is 0.0448. The highest BCUT2D eigenvalue weighted by atomic mass is 16.5. The molecule has 1 saturated heterocycles. The molecule has 11 nitrogen and oxygen atoms in total. The summed E-state index contributed by atoms with van der Waals surface area (Å²) < 4.78 is 8.68. The Balaban J connectivity index is 1.46. The van der Waals surface area contributed by atoms with E-state index in [1.165, 1.54) is 10.7 Å². The maximum Gasteiger partial charge on any atom is 0.274 e. The number of aliphatic hydroxyl groups excluding tert-OH is 1. The number of ether oxygens (including phenoxy) is 1. The van der Waals surface area contributed by atoms with Crippen molar-refractivity contribution in [1.82, 2.24) is 24.5 Å². The molecule has 2 atom stereocenters. The largest absolute Gasteiger partial charge is 0.391 e. The summed E-state index contributed by atoms with van der Waals surface area (Å²) in [5.41, 5.74) is 0.895. The van der Waals surface area contributed by atoms with Crippen molar-refractivity contribution in [3.8, 4) is 0 Å². The van der Waals surface area contributed by atoms with Crippen LogP contribution in [0.3, 0.4) is 0 Å². The van der Waals surface area contributed by atoms with Crippen LogP contribution >= 0.6 is 0 Å². The van der Waals surface area contributed by atoms with E-state index in [2.05, 4.69) is 26.0 Å². The summed E-state index contributed by atoms with van der Waals surface area (Å²) in [6, 6.07) is 5.11. The van der Waals surface area contributed by atoms with Crippen LogP contribution in [0.25, 0.3) is 5.65 Å². The Morgan fingerprint density at radius 1 is 1.24 bits per heavy atom. The summed E-state index contributed by atoms with van der Waals surface area (Å²) in [6.07, 6.45) is 5.73. The van der Waals surface area contributed by atoms with Crippen molar-refractivity contribution in [3.05, 3.63) is 46.5 Å². The lowest BCUT2D eigenvalue weighted by Gasteiger charge is -2.32. The lowest BCUT2D eigenvalue weighted by Crippen LogP contribution is -2.50. The number of aliphatic hydroxyl groups is 1. The van der Waals surface area contributed by atoms with Crippen molar-refractivity contribution in [2.45, 2.75) is 43.9 Å². The number of hydrogen-bond donors (Lipinski definition) is 4. The zero-order chi connectivity index (χ0) is 22.9. The minimum Gasteiger partial charge on any atom is -0.391 e. The van der Waals surface area contributed by atoms with E-state index in [0.29, 0.717) is 48.2 Å². The molecule has 174 valence electrons. The average Bonchev–Trinajstić information content (AvgIpc) is 3.27. The molecule has 33 heavy (non-hydrogen) atoms. The van der Waals surface area contributed by atoms with E-state index >= 15 is 0 Å². The Labute approximate surface area is 189 Å². The zero-order valence-corrected chi connectivity index (χ0v) is 18.3. The average molecular weight is 454 g/mol. The minimum atomic E-state index is -0.523. The molecule has 0 bridgehead atoms. The van der Waals surface area contributed by atoms with Crippen molar-refractivity contribution in [1.29, 1.82) is 0 Å². The van der Waals surface area contributed by atoms with Crippen LogP contribution in [0.5, 0.6) is 0 Å². The third-order valence-corrected chi connectivity index (χ3v) is 6.35. The molecule has 0 unspecified atom stereocenters. The van der Waals surface area contributed by atoms with E-state index in [0.717, 1.165) is 19.3 Å². The third kappa shape index (κ3) is 4.05. The second-order valence-corrected chi connectivity index (χ2v) is 8.40. The quantitative estimate of drug-likeness (QED) is 0.438. The Hall–Kier alpha value is -3.44. The van der Waals surface area contributed by atoms with Gasteiger partial charge >= 0.3 is 0 Å². The van der Waals surface area contributed by atoms with Crippen molar-refractivity contribution in [3.63, 3.8) is 0 Å². The predicted octanol–water partition coefficient (Wildman–Crippen LogP) is 1.28. The van der Waals surface area contributed by atoms with Crippen LogP contribution in [0.4, 0.5) is 17.3 Å². The molecule has 11 heteroatoms. The standard InChI is InChI=1S/C22H27N7O4/c1-23-19-11-18(25-16-3-2-8-28(22(16)32)13-6-9-33-10-7-13)27-20-14(12-24-29(19)20)21(31)26-15-4-5-17(15)30/h2-3,8,11-13,15,17,23,30H,4-7,9-10H2,1H3,(H,25,27)(H,26,31)/t15-,17-/m1/s1. The number of anilines is 3. The Morgan fingerprint density at radius 3 is 2.76 bits per heavy atom. The number of carbonyl (C=O) groups is 1. The van der Waals surface area contributed by atoms with Gasteiger partial charge in [-0.3, -0.25) is 9.59 Å². The van der Waals surface area contributed by atoms with Crippen LogP contribution in [0.15, 0.2) is 35.4 Å². The first-order chi connectivity index (χ1) is 16.0. The SMILES string of the molecule is CNc1cc(Nc2cccn(C3CCOCC3)c2=O)nc2c(C(=O)N[C@@H]3CC[C@H]3O)cnn12. The van der Waals surface area contributed by atoms with E-state index in [1.807, 2.05) is 6.07 Å². The van der Waals surface area contributed by atoms with Gasteiger partial charge < -0.3 is 30.4 Å². The molecule has 2 aliphatic rings. The van der Waals surface area contributed by atoms with Gasteiger partial charge in [0.25, 0.3) is 11.5 Å². The highest BCUT2D eigenvalue weighted by molar-refractivity contribution is 6.00. The lowest BCUT2D eigenvalue weighted by atomic mass is 9.89. The van der Waals surface area contributed by atoms with Gasteiger partial charge in [0.2, 0.25) is 0 Å². The van der Waals surface area contributed by atoms with Crippen LogP contribution in [0, 0.1) is 0 Å². The molecule has 0 radical (unpaired) electrons. The van der Waals surface area contributed by atoms with Crippen LogP contribution in [0.1, 0.15) is 42.1 Å². The Bertz CT molecular complexity index is 1230. The molecule has 1 aliphatic heterocycles. The van der Waals surface area contributed by atoms with E-state index in [9.17, 15) is 14.7 Å². The molecule has 4 heterocycles. The Morgan fingerprint density at radius 2 is 2.06 bits per heavy atom. The fourth-order valence-electron chi connectivity index (χ4n) is 4.26. The highest BCUT2D eigenvalue weighted by Crippen LogP contribution is 2.24. The van der Waals surface area contributed by atoms with Gasteiger partial charge in [-0.25, -0.2) is 4.98 Å². The van der Waals surface area contributed by atoms with E-state index in [4.69, 9.17) is 4.74 Å². The maximum atomic E-state index is 13.1. The molecule has 3 aromatic heterocycles. The maximum absolute atomic E-state index is 13.1. The number of nitrogens with one attached hydrogen (secondary N) is 3. The summed E-state index contributed by atoms with van der Waals surface area (Å²) in [5, 5.41) is 23.1. The summed E-state index contributed by atoms with van der Waals surface area (Å²) in [6.45, 7) is 1.28. The van der Waals surface area contributed by atoms with Gasteiger partial charge in [0.15, 0.2) is 5.65 Å². The molecule has 0 spiro atoms. The number of carbonyl (C=O) groups excluding carboxylic acids is 1. The van der Waals surface area contributed by atoms with Crippen LogP contribution in [-0.2, 0) is 4.74 Å². The number of amides is 1. The molecule has 5 rings (SSSR count). The number of rotatable bonds is 6. The van der Waals surface area contributed by atoms with Gasteiger partial charge in [-0.05, 0) is 37.8 Å². The molecule has 2 fully saturated rings. The van der Waals surface area contributed by atoms with Crippen molar-refractivity contribution in [2.24, 2.45) is 0 Å². The number of aromatic nitrogens is 4.